The van der Waals surface area contributed by atoms with Crippen molar-refractivity contribution in [3.63, 3.8) is 0 Å². The maximum absolute atomic E-state index is 5.26. The van der Waals surface area contributed by atoms with Crippen molar-refractivity contribution < 1.29 is 9.26 Å². The van der Waals surface area contributed by atoms with Crippen molar-refractivity contribution in [3.8, 4) is 0 Å². The quantitative estimate of drug-likeness (QED) is 0.770. The van der Waals surface area contributed by atoms with Crippen molar-refractivity contribution in [2.45, 2.75) is 39.2 Å². The van der Waals surface area contributed by atoms with Crippen LogP contribution in [0.25, 0.3) is 0 Å². The van der Waals surface area contributed by atoms with E-state index in [1.807, 2.05) is 6.92 Å². The summed E-state index contributed by atoms with van der Waals surface area (Å²) in [5.41, 5.74) is 0. The summed E-state index contributed by atoms with van der Waals surface area (Å²) in [5.74, 6) is 1.55. The first-order chi connectivity index (χ1) is 7.72. The van der Waals surface area contributed by atoms with Crippen LogP contribution in [0.5, 0.6) is 0 Å². The van der Waals surface area contributed by atoms with E-state index in [0.717, 1.165) is 19.5 Å². The highest BCUT2D eigenvalue weighted by Gasteiger charge is 2.18. The van der Waals surface area contributed by atoms with Crippen LogP contribution in [0.4, 0.5) is 0 Å². The molecule has 1 rings (SSSR count). The molecule has 0 bridgehead atoms. The van der Waals surface area contributed by atoms with E-state index in [4.69, 9.17) is 9.26 Å². The molecule has 0 spiro atoms. The molecule has 0 aliphatic carbocycles. The highest BCUT2D eigenvalue weighted by Crippen LogP contribution is 2.19. The van der Waals surface area contributed by atoms with Gasteiger partial charge in [-0.2, -0.15) is 4.98 Å². The minimum absolute atomic E-state index is 0.0659. The molecule has 1 N–H and O–H groups in total. The van der Waals surface area contributed by atoms with Crippen LogP contribution < -0.4 is 5.32 Å². The number of rotatable bonds is 7. The van der Waals surface area contributed by atoms with Crippen LogP contribution in [0.15, 0.2) is 4.52 Å². The van der Waals surface area contributed by atoms with Crippen LogP contribution >= 0.6 is 0 Å². The van der Waals surface area contributed by atoms with Crippen LogP contribution in [0.3, 0.4) is 0 Å². The normalized spacial score (nSPS) is 15.0. The minimum Gasteiger partial charge on any atom is -0.373 e. The molecule has 0 aromatic carbocycles. The second-order valence-corrected chi connectivity index (χ2v) is 3.83. The molecule has 0 fully saturated rings. The first-order valence-electron chi connectivity index (χ1n) is 5.79. The number of hydrogen-bond acceptors (Lipinski definition) is 5. The lowest BCUT2D eigenvalue weighted by molar-refractivity contribution is 0.0903. The highest BCUT2D eigenvalue weighted by molar-refractivity contribution is 4.96. The molecule has 5 nitrogen and oxygen atoms in total. The van der Waals surface area contributed by atoms with E-state index in [0.29, 0.717) is 11.7 Å². The Labute approximate surface area is 96.6 Å². The van der Waals surface area contributed by atoms with Crippen LogP contribution in [0, 0.1) is 0 Å². The third-order valence-electron chi connectivity index (χ3n) is 2.52. The predicted molar refractivity (Wildman–Crippen MR) is 61.3 cm³/mol. The molecule has 0 saturated carbocycles. The van der Waals surface area contributed by atoms with Gasteiger partial charge >= 0.3 is 0 Å². The van der Waals surface area contributed by atoms with Crippen LogP contribution in [-0.2, 0) is 4.74 Å². The summed E-state index contributed by atoms with van der Waals surface area (Å²) in [5, 5.41) is 7.20. The van der Waals surface area contributed by atoms with Crippen molar-refractivity contribution >= 4 is 0 Å². The smallest absolute Gasteiger partial charge is 0.230 e. The number of aromatic nitrogens is 2. The summed E-state index contributed by atoms with van der Waals surface area (Å²) in [7, 11) is 1.66. The van der Waals surface area contributed by atoms with Gasteiger partial charge in [-0.15, -0.1) is 0 Å². The van der Waals surface area contributed by atoms with Crippen LogP contribution in [0.2, 0.25) is 0 Å². The first-order valence-corrected chi connectivity index (χ1v) is 5.79. The zero-order valence-corrected chi connectivity index (χ0v) is 10.5. The number of ether oxygens (including phenoxy) is 1. The molecule has 1 heterocycles. The third kappa shape index (κ3) is 3.28. The number of methoxy groups -OCH3 is 1. The SMILES string of the molecule is CCNCC(C)c1nc(C(CC)OC)no1. The van der Waals surface area contributed by atoms with E-state index < -0.39 is 0 Å². The standard InChI is InChI=1S/C11H21N3O2/c1-5-9(15-4)10-13-11(16-14-10)8(3)7-12-6-2/h8-9,12H,5-7H2,1-4H3. The maximum Gasteiger partial charge on any atom is 0.230 e. The molecule has 5 heteroatoms. The van der Waals surface area contributed by atoms with Crippen molar-refractivity contribution in [3.05, 3.63) is 11.7 Å². The zero-order valence-electron chi connectivity index (χ0n) is 10.5. The zero-order chi connectivity index (χ0) is 12.0. The Kier molecular flexibility index (Phi) is 5.42. The van der Waals surface area contributed by atoms with Gasteiger partial charge < -0.3 is 14.6 Å². The van der Waals surface area contributed by atoms with E-state index in [9.17, 15) is 0 Å². The van der Waals surface area contributed by atoms with Gasteiger partial charge in [0.2, 0.25) is 11.7 Å². The van der Waals surface area contributed by atoms with E-state index in [2.05, 4.69) is 29.3 Å². The van der Waals surface area contributed by atoms with E-state index in [1.165, 1.54) is 0 Å². The summed E-state index contributed by atoms with van der Waals surface area (Å²) in [6.45, 7) is 7.97. The summed E-state index contributed by atoms with van der Waals surface area (Å²) in [6, 6.07) is 0. The van der Waals surface area contributed by atoms with Gasteiger partial charge in [0.1, 0.15) is 6.10 Å². The van der Waals surface area contributed by atoms with Crippen LogP contribution in [0.1, 0.15) is 50.9 Å². The Bertz CT molecular complexity index is 297. The molecule has 0 aliphatic heterocycles. The fraction of sp³-hybridized carbons (Fsp3) is 0.818. The molecular formula is C11H21N3O2. The molecule has 1 aromatic heterocycles. The highest BCUT2D eigenvalue weighted by atomic mass is 16.5. The number of nitrogens with one attached hydrogen (secondary N) is 1. The Morgan fingerprint density at radius 1 is 1.44 bits per heavy atom. The van der Waals surface area contributed by atoms with Gasteiger partial charge in [-0.3, -0.25) is 0 Å². The molecule has 0 saturated heterocycles. The first kappa shape index (κ1) is 13.1. The van der Waals surface area contributed by atoms with Gasteiger partial charge in [0.05, 0.1) is 0 Å². The second-order valence-electron chi connectivity index (χ2n) is 3.83. The van der Waals surface area contributed by atoms with Crippen molar-refractivity contribution in [1.82, 2.24) is 15.5 Å². The minimum atomic E-state index is -0.0659. The number of hydrogen-bond donors (Lipinski definition) is 1. The fourth-order valence-electron chi connectivity index (χ4n) is 1.48. The van der Waals surface area contributed by atoms with E-state index in [1.54, 1.807) is 7.11 Å². The van der Waals surface area contributed by atoms with Crippen molar-refractivity contribution in [2.24, 2.45) is 0 Å². The molecule has 0 aliphatic rings. The van der Waals surface area contributed by atoms with Gasteiger partial charge in [0, 0.05) is 19.6 Å². The van der Waals surface area contributed by atoms with Gasteiger partial charge in [0.15, 0.2) is 0 Å². The molecule has 2 unspecified atom stereocenters. The Balaban J connectivity index is 2.62. The van der Waals surface area contributed by atoms with E-state index >= 15 is 0 Å². The van der Waals surface area contributed by atoms with Gasteiger partial charge in [0.25, 0.3) is 0 Å². The topological polar surface area (TPSA) is 60.2 Å². The van der Waals surface area contributed by atoms with E-state index in [-0.39, 0.29) is 12.0 Å². The molecule has 2 atom stereocenters. The summed E-state index contributed by atoms with van der Waals surface area (Å²) >= 11 is 0. The monoisotopic (exact) mass is 227 g/mol. The molecule has 16 heavy (non-hydrogen) atoms. The van der Waals surface area contributed by atoms with Crippen LogP contribution in [-0.4, -0.2) is 30.3 Å². The summed E-state index contributed by atoms with van der Waals surface area (Å²) in [6.07, 6.45) is 0.778. The lowest BCUT2D eigenvalue weighted by atomic mass is 10.2. The largest absolute Gasteiger partial charge is 0.373 e. The molecular weight excluding hydrogens is 206 g/mol. The molecule has 0 amide bonds. The summed E-state index contributed by atoms with van der Waals surface area (Å²) in [4.78, 5) is 4.36. The summed E-state index contributed by atoms with van der Waals surface area (Å²) < 4.78 is 10.5. The lowest BCUT2D eigenvalue weighted by Crippen LogP contribution is -2.19. The van der Waals surface area contributed by atoms with Crippen molar-refractivity contribution in [2.75, 3.05) is 20.2 Å². The fourth-order valence-corrected chi connectivity index (χ4v) is 1.48. The van der Waals surface area contributed by atoms with Gasteiger partial charge in [-0.05, 0) is 13.0 Å². The molecule has 1 aromatic rings. The average Bonchev–Trinajstić information content (AvgIpc) is 2.77. The van der Waals surface area contributed by atoms with Gasteiger partial charge in [-0.1, -0.05) is 25.9 Å². The second kappa shape index (κ2) is 6.60. The van der Waals surface area contributed by atoms with Gasteiger partial charge in [-0.25, -0.2) is 0 Å². The number of nitrogens with zero attached hydrogens (tertiary/aromatic N) is 2. The number of likely N-dealkylation sites (N-methyl/N-ethyl adjacent to an activating group) is 1. The lowest BCUT2D eigenvalue weighted by Gasteiger charge is -2.07. The maximum atomic E-state index is 5.26. The van der Waals surface area contributed by atoms with Crippen molar-refractivity contribution in [1.29, 1.82) is 0 Å². The Morgan fingerprint density at radius 3 is 2.75 bits per heavy atom. The predicted octanol–water partition coefficient (Wildman–Crippen LogP) is 1.88. The molecule has 92 valence electrons. The Morgan fingerprint density at radius 2 is 2.19 bits per heavy atom. The Hall–Kier alpha value is -0.940. The molecule has 0 radical (unpaired) electrons. The third-order valence-corrected chi connectivity index (χ3v) is 2.52. The average molecular weight is 227 g/mol.